The van der Waals surface area contributed by atoms with Gasteiger partial charge in [0.25, 0.3) is 0 Å². The second-order valence-corrected chi connectivity index (χ2v) is 7.64. The molecule has 2 aliphatic heterocycles. The highest BCUT2D eigenvalue weighted by atomic mass is 16.6. The van der Waals surface area contributed by atoms with Crippen LogP contribution in [0.4, 0.5) is 16.2 Å². The minimum Gasteiger partial charge on any atom is -0.410 e. The Morgan fingerprint density at radius 3 is 2.77 bits per heavy atom. The van der Waals surface area contributed by atoms with Gasteiger partial charge in [-0.3, -0.25) is 10.2 Å². The molecule has 0 radical (unpaired) electrons. The van der Waals surface area contributed by atoms with Crippen LogP contribution in [0.5, 0.6) is 5.75 Å². The monoisotopic (exact) mass is 351 g/mol. The molecule has 0 saturated carbocycles. The number of hydrogen-bond acceptors (Lipinski definition) is 4. The molecule has 0 aromatic heterocycles. The van der Waals surface area contributed by atoms with Crippen molar-refractivity contribution in [2.24, 2.45) is 0 Å². The minimum atomic E-state index is -0.462. The second kappa shape index (κ2) is 6.02. The van der Waals surface area contributed by atoms with E-state index in [1.807, 2.05) is 43.3 Å². The number of benzene rings is 2. The van der Waals surface area contributed by atoms with E-state index < -0.39 is 6.09 Å². The van der Waals surface area contributed by atoms with Gasteiger partial charge in [-0.05, 0) is 55.8 Å². The predicted octanol–water partition coefficient (Wildman–Crippen LogP) is 3.98. The van der Waals surface area contributed by atoms with Gasteiger partial charge in [-0.15, -0.1) is 0 Å². The fourth-order valence-electron chi connectivity index (χ4n) is 4.57. The van der Waals surface area contributed by atoms with E-state index in [9.17, 15) is 4.79 Å². The average molecular weight is 351 g/mol. The van der Waals surface area contributed by atoms with Crippen LogP contribution < -0.4 is 15.0 Å². The number of nitrogens with zero attached hydrogens (tertiary/aromatic N) is 2. The molecule has 0 bridgehead atoms. The summed E-state index contributed by atoms with van der Waals surface area (Å²) >= 11 is 0. The summed E-state index contributed by atoms with van der Waals surface area (Å²) in [5, 5.41) is 2.82. The summed E-state index contributed by atoms with van der Waals surface area (Å²) in [5.41, 5.74) is 4.31. The SMILES string of the molecule is Cc1ccccc1NC(=O)Oc1ccc2c(c1)[C@@]1(C)CCN(C)[C@H]1N2C. The van der Waals surface area contributed by atoms with Crippen molar-refractivity contribution in [3.05, 3.63) is 53.6 Å². The van der Waals surface area contributed by atoms with E-state index in [0.717, 1.165) is 24.2 Å². The van der Waals surface area contributed by atoms with E-state index in [0.29, 0.717) is 11.9 Å². The molecule has 5 nitrogen and oxygen atoms in total. The normalized spacial score (nSPS) is 24.3. The van der Waals surface area contributed by atoms with Crippen molar-refractivity contribution in [3.63, 3.8) is 0 Å². The Bertz CT molecular complexity index is 866. The summed E-state index contributed by atoms with van der Waals surface area (Å²) in [4.78, 5) is 17.0. The summed E-state index contributed by atoms with van der Waals surface area (Å²) < 4.78 is 5.57. The highest BCUT2D eigenvalue weighted by molar-refractivity contribution is 5.87. The highest BCUT2D eigenvalue weighted by Crippen LogP contribution is 2.51. The van der Waals surface area contributed by atoms with Crippen molar-refractivity contribution in [1.29, 1.82) is 0 Å². The zero-order chi connectivity index (χ0) is 18.5. The van der Waals surface area contributed by atoms with Gasteiger partial charge < -0.3 is 9.64 Å². The summed E-state index contributed by atoms with van der Waals surface area (Å²) in [7, 11) is 4.31. The van der Waals surface area contributed by atoms with Gasteiger partial charge in [-0.1, -0.05) is 25.1 Å². The van der Waals surface area contributed by atoms with Gasteiger partial charge in [0.1, 0.15) is 5.75 Å². The number of anilines is 2. The van der Waals surface area contributed by atoms with Crippen LogP contribution in [-0.2, 0) is 5.41 Å². The number of ether oxygens (including phenoxy) is 1. The maximum Gasteiger partial charge on any atom is 0.417 e. The first-order chi connectivity index (χ1) is 12.4. The highest BCUT2D eigenvalue weighted by Gasteiger charge is 2.52. The third kappa shape index (κ3) is 2.54. The first kappa shape index (κ1) is 16.9. The molecule has 2 aromatic rings. The fraction of sp³-hybridized carbons (Fsp3) is 0.381. The summed E-state index contributed by atoms with van der Waals surface area (Å²) in [6.07, 6.45) is 0.995. The van der Waals surface area contributed by atoms with Gasteiger partial charge in [0, 0.05) is 30.4 Å². The number of carbonyl (C=O) groups is 1. The number of rotatable bonds is 2. The molecular formula is C21H25N3O2. The van der Waals surface area contributed by atoms with Crippen LogP contribution >= 0.6 is 0 Å². The molecular weight excluding hydrogens is 326 g/mol. The Morgan fingerprint density at radius 1 is 1.23 bits per heavy atom. The lowest BCUT2D eigenvalue weighted by atomic mass is 9.81. The van der Waals surface area contributed by atoms with E-state index in [2.05, 4.69) is 42.2 Å². The van der Waals surface area contributed by atoms with E-state index in [1.165, 1.54) is 11.3 Å². The van der Waals surface area contributed by atoms with Crippen LogP contribution in [0.15, 0.2) is 42.5 Å². The minimum absolute atomic E-state index is 0.0602. The maximum atomic E-state index is 12.3. The fourth-order valence-corrected chi connectivity index (χ4v) is 4.57. The molecule has 26 heavy (non-hydrogen) atoms. The predicted molar refractivity (Wildman–Crippen MR) is 104 cm³/mol. The first-order valence-corrected chi connectivity index (χ1v) is 9.02. The van der Waals surface area contributed by atoms with Crippen molar-refractivity contribution in [2.75, 3.05) is 30.9 Å². The molecule has 136 valence electrons. The van der Waals surface area contributed by atoms with Crippen molar-refractivity contribution in [1.82, 2.24) is 4.90 Å². The summed E-state index contributed by atoms with van der Waals surface area (Å²) in [6, 6.07) is 13.6. The lowest BCUT2D eigenvalue weighted by Crippen LogP contribution is -2.45. The largest absolute Gasteiger partial charge is 0.417 e. The standard InChI is InChI=1S/C21H25N3O2/c1-14-7-5-6-8-17(14)22-20(25)26-15-9-10-18-16(13-15)21(2)11-12-23(3)19(21)24(18)4/h5-10,13,19H,11-12H2,1-4H3,(H,22,25)/t19-,21+/m0/s1. The van der Waals surface area contributed by atoms with Crippen molar-refractivity contribution in [3.8, 4) is 5.75 Å². The number of amides is 1. The van der Waals surface area contributed by atoms with Crippen LogP contribution in [-0.4, -0.2) is 37.8 Å². The molecule has 4 rings (SSSR count). The molecule has 1 fully saturated rings. The zero-order valence-electron chi connectivity index (χ0n) is 15.7. The van der Waals surface area contributed by atoms with E-state index in [1.54, 1.807) is 0 Å². The number of aryl methyl sites for hydroxylation is 1. The van der Waals surface area contributed by atoms with Gasteiger partial charge in [0.2, 0.25) is 0 Å². The first-order valence-electron chi connectivity index (χ1n) is 9.02. The quantitative estimate of drug-likeness (QED) is 0.889. The molecule has 0 aliphatic carbocycles. The molecule has 1 saturated heterocycles. The molecule has 2 aliphatic rings. The summed E-state index contributed by atoms with van der Waals surface area (Å²) in [5.74, 6) is 0.583. The molecule has 0 unspecified atom stereocenters. The zero-order valence-corrected chi connectivity index (χ0v) is 15.7. The molecule has 5 heteroatoms. The molecule has 2 aromatic carbocycles. The summed E-state index contributed by atoms with van der Waals surface area (Å²) in [6.45, 7) is 5.34. The molecule has 0 spiro atoms. The Morgan fingerprint density at radius 2 is 2.00 bits per heavy atom. The lowest BCUT2D eigenvalue weighted by Gasteiger charge is -2.32. The van der Waals surface area contributed by atoms with Crippen LogP contribution in [0, 0.1) is 6.92 Å². The Balaban J connectivity index is 1.56. The molecule has 2 heterocycles. The molecule has 2 atom stereocenters. The number of likely N-dealkylation sites (N-methyl/N-ethyl adjacent to an activating group) is 2. The van der Waals surface area contributed by atoms with Crippen LogP contribution in [0.1, 0.15) is 24.5 Å². The number of nitrogens with one attached hydrogen (secondary N) is 1. The van der Waals surface area contributed by atoms with E-state index >= 15 is 0 Å². The number of likely N-dealkylation sites (tertiary alicyclic amines) is 1. The van der Waals surface area contributed by atoms with Crippen LogP contribution in [0.3, 0.4) is 0 Å². The lowest BCUT2D eigenvalue weighted by molar-refractivity contribution is 0.215. The molecule has 1 amide bonds. The van der Waals surface area contributed by atoms with Crippen LogP contribution in [0.2, 0.25) is 0 Å². The van der Waals surface area contributed by atoms with Gasteiger partial charge in [-0.25, -0.2) is 4.79 Å². The van der Waals surface area contributed by atoms with Gasteiger partial charge >= 0.3 is 6.09 Å². The third-order valence-electron chi connectivity index (χ3n) is 5.89. The maximum absolute atomic E-state index is 12.3. The smallest absolute Gasteiger partial charge is 0.410 e. The van der Waals surface area contributed by atoms with Gasteiger partial charge in [-0.2, -0.15) is 0 Å². The molecule has 1 N–H and O–H groups in total. The van der Waals surface area contributed by atoms with Crippen molar-refractivity contribution >= 4 is 17.5 Å². The van der Waals surface area contributed by atoms with Crippen molar-refractivity contribution < 1.29 is 9.53 Å². The van der Waals surface area contributed by atoms with E-state index in [4.69, 9.17) is 4.74 Å². The number of para-hydroxylation sites is 1. The van der Waals surface area contributed by atoms with Gasteiger partial charge in [0.05, 0.1) is 6.17 Å². The Hall–Kier alpha value is -2.53. The van der Waals surface area contributed by atoms with Crippen LogP contribution in [0.25, 0.3) is 0 Å². The number of fused-ring (bicyclic) bond motifs is 3. The average Bonchev–Trinajstić information content (AvgIpc) is 3.03. The Kier molecular flexibility index (Phi) is 3.92. The second-order valence-electron chi connectivity index (χ2n) is 7.64. The van der Waals surface area contributed by atoms with E-state index in [-0.39, 0.29) is 5.41 Å². The Labute approximate surface area is 154 Å². The third-order valence-corrected chi connectivity index (χ3v) is 5.89. The number of hydrogen-bond donors (Lipinski definition) is 1. The van der Waals surface area contributed by atoms with Gasteiger partial charge in [0.15, 0.2) is 0 Å². The topological polar surface area (TPSA) is 44.8 Å². The number of carbonyl (C=O) groups excluding carboxylic acids is 1. The van der Waals surface area contributed by atoms with Crippen molar-refractivity contribution in [2.45, 2.75) is 31.8 Å².